The SMILES string of the molecule is CC(C)Oc1ccc(C=C(O)C(O)C(O)C(O)C(O)CO)cc1OC(C)C. The molecule has 0 fully saturated rings. The average Bonchev–Trinajstić information content (AvgIpc) is 2.60. The molecule has 1 aromatic carbocycles. The van der Waals surface area contributed by atoms with Crippen LogP contribution in [0.15, 0.2) is 24.0 Å². The highest BCUT2D eigenvalue weighted by molar-refractivity contribution is 5.57. The summed E-state index contributed by atoms with van der Waals surface area (Å²) in [6.45, 7) is 6.66. The lowest BCUT2D eigenvalue weighted by atomic mass is 10.0. The summed E-state index contributed by atoms with van der Waals surface area (Å²) in [6.07, 6.45) is -6.22. The number of ether oxygens (including phenoxy) is 2. The normalized spacial score (nSPS) is 16.9. The Labute approximate surface area is 158 Å². The van der Waals surface area contributed by atoms with Gasteiger partial charge in [-0.05, 0) is 51.5 Å². The van der Waals surface area contributed by atoms with E-state index in [1.807, 2.05) is 27.7 Å². The van der Waals surface area contributed by atoms with Gasteiger partial charge in [0.2, 0.25) is 0 Å². The fourth-order valence-corrected chi connectivity index (χ4v) is 2.27. The molecule has 0 aromatic heterocycles. The van der Waals surface area contributed by atoms with Crippen LogP contribution in [0.25, 0.3) is 6.08 Å². The molecular formula is C19H30O8. The summed E-state index contributed by atoms with van der Waals surface area (Å²) in [5.74, 6) is 0.350. The van der Waals surface area contributed by atoms with E-state index in [9.17, 15) is 25.5 Å². The minimum atomic E-state index is -1.89. The zero-order valence-corrected chi connectivity index (χ0v) is 16.0. The summed E-state index contributed by atoms with van der Waals surface area (Å²) in [6, 6.07) is 4.88. The zero-order valence-electron chi connectivity index (χ0n) is 16.0. The van der Waals surface area contributed by atoms with E-state index in [4.69, 9.17) is 14.6 Å². The standard InChI is InChI=1S/C19H30O8/c1-10(2)26-15-6-5-12(8-16(15)27-11(3)4)7-13(21)17(23)19(25)18(24)14(22)9-20/h5-8,10-11,14,17-25H,9H2,1-4H3. The molecule has 1 rings (SSSR count). The van der Waals surface area contributed by atoms with Crippen LogP contribution in [-0.4, -0.2) is 73.9 Å². The molecule has 0 bridgehead atoms. The van der Waals surface area contributed by atoms with Crippen molar-refractivity contribution in [3.05, 3.63) is 29.5 Å². The summed E-state index contributed by atoms with van der Waals surface area (Å²) in [5.41, 5.74) is 0.461. The maximum absolute atomic E-state index is 10.1. The maximum atomic E-state index is 10.1. The second-order valence-electron chi connectivity index (χ2n) is 6.78. The van der Waals surface area contributed by atoms with E-state index < -0.39 is 36.8 Å². The van der Waals surface area contributed by atoms with Gasteiger partial charge in [0.15, 0.2) is 11.5 Å². The predicted octanol–water partition coefficient (Wildman–Crippen LogP) is 0.596. The minimum absolute atomic E-state index is 0.0642. The summed E-state index contributed by atoms with van der Waals surface area (Å²) in [4.78, 5) is 0. The quantitative estimate of drug-likeness (QED) is 0.321. The molecule has 0 aliphatic rings. The molecule has 4 atom stereocenters. The van der Waals surface area contributed by atoms with E-state index in [0.717, 1.165) is 0 Å². The summed E-state index contributed by atoms with van der Waals surface area (Å²) < 4.78 is 11.4. The highest BCUT2D eigenvalue weighted by Gasteiger charge is 2.32. The minimum Gasteiger partial charge on any atom is -0.509 e. The van der Waals surface area contributed by atoms with E-state index in [-0.39, 0.29) is 12.2 Å². The van der Waals surface area contributed by atoms with Crippen molar-refractivity contribution in [1.29, 1.82) is 0 Å². The van der Waals surface area contributed by atoms with Crippen LogP contribution in [0, 0.1) is 0 Å². The third-order valence-electron chi connectivity index (χ3n) is 3.57. The lowest BCUT2D eigenvalue weighted by molar-refractivity contribution is -0.112. The molecule has 6 N–H and O–H groups in total. The Balaban J connectivity index is 3.06. The van der Waals surface area contributed by atoms with Crippen molar-refractivity contribution in [3.8, 4) is 11.5 Å². The largest absolute Gasteiger partial charge is 0.509 e. The smallest absolute Gasteiger partial charge is 0.162 e. The molecule has 0 aliphatic heterocycles. The Bertz CT molecular complexity index is 614. The molecule has 4 unspecified atom stereocenters. The highest BCUT2D eigenvalue weighted by atomic mass is 16.5. The van der Waals surface area contributed by atoms with Gasteiger partial charge in [0, 0.05) is 0 Å². The van der Waals surface area contributed by atoms with E-state index in [0.29, 0.717) is 17.1 Å². The van der Waals surface area contributed by atoms with Gasteiger partial charge in [0.25, 0.3) is 0 Å². The van der Waals surface area contributed by atoms with Gasteiger partial charge < -0.3 is 40.1 Å². The van der Waals surface area contributed by atoms with Gasteiger partial charge in [-0.3, -0.25) is 0 Å². The van der Waals surface area contributed by atoms with Crippen LogP contribution in [0.3, 0.4) is 0 Å². The molecule has 0 saturated heterocycles. The van der Waals surface area contributed by atoms with Gasteiger partial charge in [-0.15, -0.1) is 0 Å². The van der Waals surface area contributed by atoms with Crippen molar-refractivity contribution in [2.24, 2.45) is 0 Å². The van der Waals surface area contributed by atoms with Crippen molar-refractivity contribution in [1.82, 2.24) is 0 Å². The van der Waals surface area contributed by atoms with Gasteiger partial charge in [0.1, 0.15) is 30.2 Å². The molecule has 27 heavy (non-hydrogen) atoms. The Morgan fingerprint density at radius 1 is 0.926 bits per heavy atom. The molecular weight excluding hydrogens is 356 g/mol. The van der Waals surface area contributed by atoms with Crippen molar-refractivity contribution < 1.29 is 40.1 Å². The zero-order chi connectivity index (χ0) is 20.7. The van der Waals surface area contributed by atoms with Crippen LogP contribution < -0.4 is 9.47 Å². The molecule has 0 amide bonds. The summed E-state index contributed by atoms with van der Waals surface area (Å²) in [7, 11) is 0. The van der Waals surface area contributed by atoms with Gasteiger partial charge in [0.05, 0.1) is 18.8 Å². The van der Waals surface area contributed by atoms with E-state index in [1.165, 1.54) is 6.08 Å². The third kappa shape index (κ3) is 7.00. The number of hydrogen-bond donors (Lipinski definition) is 6. The van der Waals surface area contributed by atoms with Crippen molar-refractivity contribution >= 4 is 6.08 Å². The highest BCUT2D eigenvalue weighted by Crippen LogP contribution is 2.31. The van der Waals surface area contributed by atoms with Gasteiger partial charge in [-0.25, -0.2) is 0 Å². The second-order valence-corrected chi connectivity index (χ2v) is 6.78. The molecule has 0 aliphatic carbocycles. The first kappa shape index (κ1) is 23.2. The predicted molar refractivity (Wildman–Crippen MR) is 99.7 cm³/mol. The van der Waals surface area contributed by atoms with Crippen LogP contribution in [0.1, 0.15) is 33.3 Å². The number of hydrogen-bond acceptors (Lipinski definition) is 8. The Hall–Kier alpha value is -1.84. The molecule has 1 aromatic rings. The van der Waals surface area contributed by atoms with Crippen molar-refractivity contribution in [3.63, 3.8) is 0 Å². The Kier molecular flexibility index (Phi) is 9.01. The fourth-order valence-electron chi connectivity index (χ4n) is 2.27. The molecule has 8 heteroatoms. The van der Waals surface area contributed by atoms with Gasteiger partial charge >= 0.3 is 0 Å². The third-order valence-corrected chi connectivity index (χ3v) is 3.57. The topological polar surface area (TPSA) is 140 Å². The number of aliphatic hydroxyl groups excluding tert-OH is 6. The Morgan fingerprint density at radius 2 is 1.48 bits per heavy atom. The molecule has 0 heterocycles. The fraction of sp³-hybridized carbons (Fsp3) is 0.579. The monoisotopic (exact) mass is 386 g/mol. The average molecular weight is 386 g/mol. The number of rotatable bonds is 10. The maximum Gasteiger partial charge on any atom is 0.162 e. The van der Waals surface area contributed by atoms with E-state index in [2.05, 4.69) is 0 Å². The van der Waals surface area contributed by atoms with Gasteiger partial charge in [-0.2, -0.15) is 0 Å². The van der Waals surface area contributed by atoms with E-state index >= 15 is 0 Å². The van der Waals surface area contributed by atoms with Crippen LogP contribution >= 0.6 is 0 Å². The van der Waals surface area contributed by atoms with Crippen LogP contribution in [0.5, 0.6) is 11.5 Å². The number of benzene rings is 1. The molecule has 0 saturated carbocycles. The van der Waals surface area contributed by atoms with Crippen LogP contribution in [-0.2, 0) is 0 Å². The van der Waals surface area contributed by atoms with Crippen molar-refractivity contribution in [2.75, 3.05) is 6.61 Å². The molecule has 8 nitrogen and oxygen atoms in total. The van der Waals surface area contributed by atoms with E-state index in [1.54, 1.807) is 18.2 Å². The summed E-state index contributed by atoms with van der Waals surface area (Å²) >= 11 is 0. The Morgan fingerprint density at radius 3 is 2.00 bits per heavy atom. The molecule has 154 valence electrons. The first-order chi connectivity index (χ1) is 12.6. The number of aliphatic hydroxyl groups is 6. The first-order valence-corrected chi connectivity index (χ1v) is 8.77. The second kappa shape index (κ2) is 10.5. The van der Waals surface area contributed by atoms with Gasteiger partial charge in [-0.1, -0.05) is 6.07 Å². The molecule has 0 spiro atoms. The lowest BCUT2D eigenvalue weighted by Crippen LogP contribution is -2.46. The molecule has 0 radical (unpaired) electrons. The van der Waals surface area contributed by atoms with Crippen LogP contribution in [0.4, 0.5) is 0 Å². The first-order valence-electron chi connectivity index (χ1n) is 8.77. The summed E-state index contributed by atoms with van der Waals surface area (Å²) in [5, 5.41) is 57.6. The lowest BCUT2D eigenvalue weighted by Gasteiger charge is -2.25. The van der Waals surface area contributed by atoms with Crippen molar-refractivity contribution in [2.45, 2.75) is 64.3 Å². The van der Waals surface area contributed by atoms with Crippen LogP contribution in [0.2, 0.25) is 0 Å².